The van der Waals surface area contributed by atoms with E-state index in [0.29, 0.717) is 64.3 Å². The Morgan fingerprint density at radius 2 is 1.25 bits per heavy atom. The van der Waals surface area contributed by atoms with Gasteiger partial charge in [-0.15, -0.1) is 11.6 Å². The molecule has 1 aliphatic heterocycles. The maximum Gasteiger partial charge on any atom is 0.414 e. The molecule has 0 saturated carbocycles. The Morgan fingerprint density at radius 1 is 0.750 bits per heavy atom. The molecule has 3 aromatic heterocycles. The average molecular weight is 785 g/mol. The fraction of sp³-hybridized carbons (Fsp3) is 0.325. The van der Waals surface area contributed by atoms with Gasteiger partial charge in [0, 0.05) is 81.6 Å². The highest BCUT2D eigenvalue weighted by Gasteiger charge is 2.36. The number of rotatable bonds is 10. The standard InChI is InChI=1S/C40H45ClN8O7/c1-8-9-34(51)42-24-13-30(46(5)19-24)37(53)44-26-15-32(48(7)21-26)38(54)45-25-14-31(47(6)20-25)36(52)43-23-10-11-27-28(12-23)33(50)16-29-35(27)22(17-41)18-49(29)39(55)56-40(2,3)4/h10-16,19-22,50H,8-9,17-18H2,1-7H3,(H,42,51)(H,43,52)(H,44,53)(H,45,54). The molecule has 1 aliphatic rings. The quantitative estimate of drug-likeness (QED) is 0.0934. The summed E-state index contributed by atoms with van der Waals surface area (Å²) in [5.41, 5.74) is 3.13. The number of fused-ring (bicyclic) bond motifs is 3. The lowest BCUT2D eigenvalue weighted by molar-refractivity contribution is -0.116. The lowest BCUT2D eigenvalue weighted by atomic mass is 9.95. The second-order valence-electron chi connectivity index (χ2n) is 14.9. The van der Waals surface area contributed by atoms with Gasteiger partial charge in [0.1, 0.15) is 28.4 Å². The highest BCUT2D eigenvalue weighted by molar-refractivity contribution is 6.19. The van der Waals surface area contributed by atoms with Crippen molar-refractivity contribution in [3.8, 4) is 5.75 Å². The number of nitrogens with one attached hydrogen (secondary N) is 4. The summed E-state index contributed by atoms with van der Waals surface area (Å²) < 4.78 is 10.3. The molecule has 294 valence electrons. The van der Waals surface area contributed by atoms with Gasteiger partial charge in [0.25, 0.3) is 17.7 Å². The Labute approximate surface area is 328 Å². The number of hydrogen-bond donors (Lipinski definition) is 5. The molecular weight excluding hydrogens is 740 g/mol. The monoisotopic (exact) mass is 784 g/mol. The molecule has 5 aromatic rings. The van der Waals surface area contributed by atoms with Crippen LogP contribution in [0.4, 0.5) is 33.2 Å². The number of phenols is 1. The van der Waals surface area contributed by atoms with E-state index in [9.17, 15) is 29.1 Å². The lowest BCUT2D eigenvalue weighted by Gasteiger charge is -2.25. The van der Waals surface area contributed by atoms with E-state index in [1.807, 2.05) is 6.92 Å². The first-order valence-electron chi connectivity index (χ1n) is 18.0. The largest absolute Gasteiger partial charge is 0.507 e. The number of ether oxygens (including phenoxy) is 1. The summed E-state index contributed by atoms with van der Waals surface area (Å²) in [4.78, 5) is 66.4. The van der Waals surface area contributed by atoms with Crippen LogP contribution in [-0.4, -0.2) is 66.6 Å². The molecule has 5 amide bonds. The number of alkyl halides is 1. The summed E-state index contributed by atoms with van der Waals surface area (Å²) in [5.74, 6) is -1.52. The number of aromatic nitrogens is 3. The molecule has 16 heteroatoms. The van der Waals surface area contributed by atoms with Gasteiger partial charge in [-0.1, -0.05) is 13.0 Å². The van der Waals surface area contributed by atoms with Gasteiger partial charge in [-0.05, 0) is 68.5 Å². The van der Waals surface area contributed by atoms with E-state index in [0.717, 1.165) is 5.56 Å². The number of phenolic OH excluding ortho intramolecular Hbond substituents is 1. The van der Waals surface area contributed by atoms with Crippen molar-refractivity contribution in [2.45, 2.75) is 52.1 Å². The zero-order valence-electron chi connectivity index (χ0n) is 32.2. The van der Waals surface area contributed by atoms with Gasteiger partial charge >= 0.3 is 6.09 Å². The SMILES string of the molecule is CCCC(=O)Nc1cc(C(=O)Nc2cc(C(=O)Nc3cc(C(=O)Nc4ccc5c6c(cc(O)c5c4)N(C(=O)OC(C)(C)C)CC6CCl)n(C)c3)n(C)c2)n(C)c1. The van der Waals surface area contributed by atoms with Crippen LogP contribution in [0, 0.1) is 0 Å². The first-order valence-corrected chi connectivity index (χ1v) is 18.6. The van der Waals surface area contributed by atoms with Crippen molar-refractivity contribution in [2.24, 2.45) is 21.1 Å². The van der Waals surface area contributed by atoms with Gasteiger partial charge in [-0.3, -0.25) is 24.1 Å². The molecule has 0 saturated heterocycles. The Kier molecular flexibility index (Phi) is 10.9. The molecule has 6 rings (SSSR count). The molecule has 4 heterocycles. The van der Waals surface area contributed by atoms with E-state index in [2.05, 4.69) is 21.3 Å². The number of aryl methyl sites for hydroxylation is 3. The van der Waals surface area contributed by atoms with E-state index in [-0.39, 0.29) is 34.8 Å². The summed E-state index contributed by atoms with van der Waals surface area (Å²) in [6, 6.07) is 11.3. The molecule has 1 unspecified atom stereocenters. The average Bonchev–Trinajstić information content (AvgIpc) is 3.87. The van der Waals surface area contributed by atoms with Crippen LogP contribution in [-0.2, 0) is 30.7 Å². The van der Waals surface area contributed by atoms with Gasteiger partial charge < -0.3 is 44.8 Å². The number of hydrogen-bond acceptors (Lipinski definition) is 7. The van der Waals surface area contributed by atoms with Crippen LogP contribution in [0.25, 0.3) is 10.8 Å². The van der Waals surface area contributed by atoms with Crippen molar-refractivity contribution < 1.29 is 33.8 Å². The topological polar surface area (TPSA) is 181 Å². The van der Waals surface area contributed by atoms with E-state index in [1.165, 1.54) is 23.1 Å². The van der Waals surface area contributed by atoms with Crippen molar-refractivity contribution in [3.63, 3.8) is 0 Å². The maximum atomic E-state index is 13.5. The molecule has 5 N–H and O–H groups in total. The molecular formula is C40H45ClN8O7. The number of carbonyl (C=O) groups is 5. The van der Waals surface area contributed by atoms with Crippen LogP contribution in [0.5, 0.6) is 5.75 Å². The van der Waals surface area contributed by atoms with Gasteiger partial charge in [0.05, 0.1) is 22.7 Å². The third-order valence-electron chi connectivity index (χ3n) is 9.28. The number of carbonyl (C=O) groups excluding carboxylic acids is 5. The van der Waals surface area contributed by atoms with Crippen molar-refractivity contribution in [1.82, 2.24) is 13.7 Å². The van der Waals surface area contributed by atoms with Crippen LogP contribution in [0.3, 0.4) is 0 Å². The Bertz CT molecular complexity index is 2380. The van der Waals surface area contributed by atoms with E-state index < -0.39 is 29.4 Å². The predicted octanol–water partition coefficient (Wildman–Crippen LogP) is 7.13. The molecule has 0 bridgehead atoms. The van der Waals surface area contributed by atoms with Crippen LogP contribution < -0.4 is 26.2 Å². The predicted molar refractivity (Wildman–Crippen MR) is 216 cm³/mol. The van der Waals surface area contributed by atoms with Gasteiger partial charge in [0.2, 0.25) is 5.91 Å². The van der Waals surface area contributed by atoms with Crippen LogP contribution >= 0.6 is 11.6 Å². The van der Waals surface area contributed by atoms with Crippen molar-refractivity contribution in [3.05, 3.63) is 83.7 Å². The molecule has 56 heavy (non-hydrogen) atoms. The van der Waals surface area contributed by atoms with E-state index in [4.69, 9.17) is 16.3 Å². The van der Waals surface area contributed by atoms with E-state index in [1.54, 1.807) is 98.5 Å². The number of nitrogens with zero attached hydrogens (tertiary/aromatic N) is 4. The number of aromatic hydroxyl groups is 1. The van der Waals surface area contributed by atoms with Crippen LogP contribution in [0.1, 0.15) is 83.5 Å². The van der Waals surface area contributed by atoms with Crippen LogP contribution in [0.15, 0.2) is 61.1 Å². The molecule has 15 nitrogen and oxygen atoms in total. The highest BCUT2D eigenvalue weighted by atomic mass is 35.5. The summed E-state index contributed by atoms with van der Waals surface area (Å²) in [6.45, 7) is 7.56. The van der Waals surface area contributed by atoms with E-state index >= 15 is 0 Å². The second-order valence-corrected chi connectivity index (χ2v) is 15.2. The molecule has 0 spiro atoms. The number of halogens is 1. The van der Waals surface area contributed by atoms with Crippen LogP contribution in [0.2, 0.25) is 0 Å². The zero-order valence-corrected chi connectivity index (χ0v) is 33.0. The first-order chi connectivity index (χ1) is 26.5. The number of anilines is 5. The molecule has 0 fully saturated rings. The number of benzene rings is 2. The summed E-state index contributed by atoms with van der Waals surface area (Å²) >= 11 is 6.35. The first kappa shape index (κ1) is 39.5. The summed E-state index contributed by atoms with van der Waals surface area (Å²) in [7, 11) is 5.03. The minimum absolute atomic E-state index is 0.0761. The number of amides is 5. The highest BCUT2D eigenvalue weighted by Crippen LogP contribution is 2.46. The third-order valence-corrected chi connectivity index (χ3v) is 9.66. The summed E-state index contributed by atoms with van der Waals surface area (Å²) in [6.07, 6.45) is 5.40. The van der Waals surface area contributed by atoms with Gasteiger partial charge in [-0.25, -0.2) is 4.79 Å². The molecule has 2 aromatic carbocycles. The smallest absolute Gasteiger partial charge is 0.414 e. The normalized spacial score (nSPS) is 13.7. The Hall–Kier alpha value is -6.22. The van der Waals surface area contributed by atoms with Gasteiger partial charge in [-0.2, -0.15) is 0 Å². The van der Waals surface area contributed by atoms with Gasteiger partial charge in [0.15, 0.2) is 0 Å². The minimum atomic E-state index is -0.703. The zero-order chi connectivity index (χ0) is 40.6. The summed E-state index contributed by atoms with van der Waals surface area (Å²) in [5, 5.41) is 23.5. The fourth-order valence-electron chi connectivity index (χ4n) is 6.78. The Morgan fingerprint density at radius 3 is 1.73 bits per heavy atom. The Balaban J connectivity index is 1.13. The molecule has 1 atom stereocenters. The van der Waals surface area contributed by atoms with Crippen molar-refractivity contribution >= 4 is 80.5 Å². The minimum Gasteiger partial charge on any atom is -0.507 e. The van der Waals surface area contributed by atoms with Crippen molar-refractivity contribution in [1.29, 1.82) is 0 Å². The van der Waals surface area contributed by atoms with Crippen molar-refractivity contribution in [2.75, 3.05) is 38.6 Å². The second kappa shape index (κ2) is 15.5. The fourth-order valence-corrected chi connectivity index (χ4v) is 7.03. The maximum absolute atomic E-state index is 13.5. The molecule has 0 radical (unpaired) electrons. The lowest BCUT2D eigenvalue weighted by Crippen LogP contribution is -2.36. The molecule has 0 aliphatic carbocycles. The third kappa shape index (κ3) is 8.22.